The van der Waals surface area contributed by atoms with E-state index in [1.807, 2.05) is 34.6 Å². The molecule has 19 heavy (non-hydrogen) atoms. The van der Waals surface area contributed by atoms with Crippen molar-refractivity contribution in [2.24, 2.45) is 16.6 Å². The van der Waals surface area contributed by atoms with E-state index in [2.05, 4.69) is 5.32 Å². The number of rotatable bonds is 7. The normalized spacial score (nSPS) is 14.0. The van der Waals surface area contributed by atoms with Crippen molar-refractivity contribution in [2.75, 3.05) is 6.54 Å². The van der Waals surface area contributed by atoms with Gasteiger partial charge in [0.2, 0.25) is 5.91 Å². The molecule has 1 amide bonds. The molecule has 112 valence electrons. The Balaban J connectivity index is 4.08. The van der Waals surface area contributed by atoms with Crippen molar-refractivity contribution in [1.29, 1.82) is 0 Å². The first-order valence-electron chi connectivity index (χ1n) is 6.71. The van der Waals surface area contributed by atoms with Gasteiger partial charge >= 0.3 is 5.97 Å². The average molecular weight is 272 g/mol. The first-order chi connectivity index (χ1) is 8.46. The smallest absolute Gasteiger partial charge is 0.303 e. The molecule has 0 radical (unpaired) electrons. The molecule has 0 aromatic carbocycles. The molecule has 0 spiro atoms. The lowest BCUT2D eigenvalue weighted by molar-refractivity contribution is -0.137. The maximum Gasteiger partial charge on any atom is 0.303 e. The highest BCUT2D eigenvalue weighted by molar-refractivity contribution is 5.82. The van der Waals surface area contributed by atoms with Gasteiger partial charge in [-0.15, -0.1) is 0 Å². The minimum atomic E-state index is -0.785. The lowest BCUT2D eigenvalue weighted by Gasteiger charge is -2.27. The van der Waals surface area contributed by atoms with Gasteiger partial charge in [0, 0.05) is 13.0 Å². The monoisotopic (exact) mass is 272 g/mol. The molecular formula is C14H28N2O3. The summed E-state index contributed by atoms with van der Waals surface area (Å²) < 4.78 is 0. The SMILES string of the molecule is CC(C)(CCNC(=O)[C@@H](N)C(C)(C)C)CCC(=O)O. The van der Waals surface area contributed by atoms with Gasteiger partial charge in [-0.3, -0.25) is 9.59 Å². The summed E-state index contributed by atoms with van der Waals surface area (Å²) in [5.74, 6) is -0.937. The van der Waals surface area contributed by atoms with Crippen LogP contribution in [-0.4, -0.2) is 29.6 Å². The van der Waals surface area contributed by atoms with Crippen LogP contribution < -0.4 is 11.1 Å². The van der Waals surface area contributed by atoms with Crippen LogP contribution >= 0.6 is 0 Å². The summed E-state index contributed by atoms with van der Waals surface area (Å²) in [6.07, 6.45) is 1.49. The molecule has 5 heteroatoms. The van der Waals surface area contributed by atoms with Gasteiger partial charge in [0.1, 0.15) is 0 Å². The van der Waals surface area contributed by atoms with Gasteiger partial charge in [-0.2, -0.15) is 0 Å². The van der Waals surface area contributed by atoms with Gasteiger partial charge in [-0.1, -0.05) is 34.6 Å². The predicted molar refractivity (Wildman–Crippen MR) is 75.7 cm³/mol. The van der Waals surface area contributed by atoms with Gasteiger partial charge in [0.15, 0.2) is 0 Å². The third kappa shape index (κ3) is 7.82. The predicted octanol–water partition coefficient (Wildman–Crippen LogP) is 1.76. The molecule has 0 aromatic rings. The van der Waals surface area contributed by atoms with Crippen molar-refractivity contribution < 1.29 is 14.7 Å². The van der Waals surface area contributed by atoms with Crippen molar-refractivity contribution in [2.45, 2.75) is 59.9 Å². The van der Waals surface area contributed by atoms with Crippen LogP contribution in [0.15, 0.2) is 0 Å². The number of nitrogens with two attached hydrogens (primary N) is 1. The standard InChI is InChI=1S/C14H28N2O3/c1-13(2,3)11(15)12(19)16-9-8-14(4,5)7-6-10(17)18/h11H,6-9,15H2,1-5H3,(H,16,19)(H,17,18)/t11-/m1/s1. The molecular weight excluding hydrogens is 244 g/mol. The molecule has 0 aliphatic heterocycles. The van der Waals surface area contributed by atoms with E-state index in [0.29, 0.717) is 13.0 Å². The fourth-order valence-corrected chi connectivity index (χ4v) is 1.60. The molecule has 0 fully saturated rings. The van der Waals surface area contributed by atoms with Crippen LogP contribution in [0.4, 0.5) is 0 Å². The molecule has 0 aromatic heterocycles. The molecule has 0 rings (SSSR count). The molecule has 1 atom stereocenters. The van der Waals surface area contributed by atoms with Gasteiger partial charge in [0.05, 0.1) is 6.04 Å². The Morgan fingerprint density at radius 3 is 2.11 bits per heavy atom. The number of carbonyl (C=O) groups is 2. The molecule has 0 saturated heterocycles. The fraction of sp³-hybridized carbons (Fsp3) is 0.857. The molecule has 4 N–H and O–H groups in total. The molecule has 0 aliphatic carbocycles. The molecule has 0 aliphatic rings. The van der Waals surface area contributed by atoms with Crippen LogP contribution in [0.1, 0.15) is 53.9 Å². The van der Waals surface area contributed by atoms with Crippen LogP contribution in [-0.2, 0) is 9.59 Å². The lowest BCUT2D eigenvalue weighted by atomic mass is 9.84. The largest absolute Gasteiger partial charge is 0.481 e. The van der Waals surface area contributed by atoms with Crippen LogP contribution in [0.25, 0.3) is 0 Å². The van der Waals surface area contributed by atoms with Crippen LogP contribution in [0.2, 0.25) is 0 Å². The van der Waals surface area contributed by atoms with E-state index in [1.54, 1.807) is 0 Å². The van der Waals surface area contributed by atoms with Crippen LogP contribution in [0, 0.1) is 10.8 Å². The third-order valence-electron chi connectivity index (χ3n) is 3.33. The zero-order chi connectivity index (χ0) is 15.3. The highest BCUT2D eigenvalue weighted by Gasteiger charge is 2.27. The van der Waals surface area contributed by atoms with Crippen LogP contribution in [0.3, 0.4) is 0 Å². The maximum atomic E-state index is 11.8. The Morgan fingerprint density at radius 2 is 1.68 bits per heavy atom. The van der Waals surface area contributed by atoms with E-state index < -0.39 is 12.0 Å². The Bertz CT molecular complexity index is 319. The van der Waals surface area contributed by atoms with E-state index in [0.717, 1.165) is 6.42 Å². The molecule has 0 unspecified atom stereocenters. The number of amides is 1. The zero-order valence-electron chi connectivity index (χ0n) is 12.7. The van der Waals surface area contributed by atoms with E-state index in [4.69, 9.17) is 10.8 Å². The van der Waals surface area contributed by atoms with Crippen molar-refractivity contribution >= 4 is 11.9 Å². The quantitative estimate of drug-likeness (QED) is 0.658. The summed E-state index contributed by atoms with van der Waals surface area (Å²) in [5.41, 5.74) is 5.49. The summed E-state index contributed by atoms with van der Waals surface area (Å²) in [4.78, 5) is 22.4. The number of hydrogen-bond donors (Lipinski definition) is 3. The van der Waals surface area contributed by atoms with Gasteiger partial charge in [0.25, 0.3) is 0 Å². The second-order valence-corrected chi connectivity index (χ2v) is 6.94. The lowest BCUT2D eigenvalue weighted by Crippen LogP contribution is -2.49. The Labute approximate surface area is 115 Å². The molecule has 0 saturated carbocycles. The summed E-state index contributed by atoms with van der Waals surface area (Å²) in [7, 11) is 0. The minimum absolute atomic E-state index is 0.0997. The van der Waals surface area contributed by atoms with Gasteiger partial charge < -0.3 is 16.2 Å². The topological polar surface area (TPSA) is 92.4 Å². The van der Waals surface area contributed by atoms with Gasteiger partial charge in [-0.05, 0) is 23.7 Å². The number of carbonyl (C=O) groups excluding carboxylic acids is 1. The Morgan fingerprint density at radius 1 is 1.16 bits per heavy atom. The zero-order valence-corrected chi connectivity index (χ0v) is 12.7. The summed E-state index contributed by atoms with van der Waals surface area (Å²) >= 11 is 0. The second kappa shape index (κ2) is 6.89. The first-order valence-corrected chi connectivity index (χ1v) is 6.71. The highest BCUT2D eigenvalue weighted by atomic mass is 16.4. The fourth-order valence-electron chi connectivity index (χ4n) is 1.60. The van der Waals surface area contributed by atoms with Gasteiger partial charge in [-0.25, -0.2) is 0 Å². The number of carboxylic acids is 1. The Kier molecular flexibility index (Phi) is 6.49. The van der Waals surface area contributed by atoms with Crippen molar-refractivity contribution in [3.8, 4) is 0 Å². The summed E-state index contributed by atoms with van der Waals surface area (Å²) in [6, 6.07) is -0.533. The van der Waals surface area contributed by atoms with E-state index >= 15 is 0 Å². The highest BCUT2D eigenvalue weighted by Crippen LogP contribution is 2.26. The number of carboxylic acid groups (broad SMARTS) is 1. The second-order valence-electron chi connectivity index (χ2n) is 6.94. The van der Waals surface area contributed by atoms with E-state index in [-0.39, 0.29) is 23.2 Å². The molecule has 0 bridgehead atoms. The molecule has 0 heterocycles. The van der Waals surface area contributed by atoms with E-state index in [9.17, 15) is 9.59 Å². The third-order valence-corrected chi connectivity index (χ3v) is 3.33. The van der Waals surface area contributed by atoms with Crippen molar-refractivity contribution in [3.05, 3.63) is 0 Å². The van der Waals surface area contributed by atoms with Crippen LogP contribution in [0.5, 0.6) is 0 Å². The average Bonchev–Trinajstić information content (AvgIpc) is 2.24. The first kappa shape index (κ1) is 17.9. The number of hydrogen-bond acceptors (Lipinski definition) is 3. The van der Waals surface area contributed by atoms with Crippen molar-refractivity contribution in [3.63, 3.8) is 0 Å². The summed E-state index contributed by atoms with van der Waals surface area (Å²) in [6.45, 7) is 10.3. The number of nitrogens with one attached hydrogen (secondary N) is 1. The maximum absolute atomic E-state index is 11.8. The van der Waals surface area contributed by atoms with E-state index in [1.165, 1.54) is 0 Å². The Hall–Kier alpha value is -1.10. The molecule has 5 nitrogen and oxygen atoms in total. The number of aliphatic carboxylic acids is 1. The van der Waals surface area contributed by atoms with Crippen molar-refractivity contribution in [1.82, 2.24) is 5.32 Å². The minimum Gasteiger partial charge on any atom is -0.481 e. The summed E-state index contributed by atoms with van der Waals surface area (Å²) in [5, 5.41) is 11.5.